The van der Waals surface area contributed by atoms with Crippen molar-refractivity contribution >= 4 is 11.9 Å². The maximum absolute atomic E-state index is 10.5. The molecule has 2 N–H and O–H groups in total. The summed E-state index contributed by atoms with van der Waals surface area (Å²) < 4.78 is 0. The summed E-state index contributed by atoms with van der Waals surface area (Å²) in [5.74, 6) is -1.63. The van der Waals surface area contributed by atoms with Gasteiger partial charge in [0.2, 0.25) is 0 Å². The van der Waals surface area contributed by atoms with Crippen LogP contribution in [0.4, 0.5) is 0 Å². The lowest BCUT2D eigenvalue weighted by atomic mass is 9.97. The summed E-state index contributed by atoms with van der Waals surface area (Å²) in [6.45, 7) is 3.61. The largest absolute Gasteiger partial charge is 0.481 e. The number of rotatable bonds is 8. The van der Waals surface area contributed by atoms with Crippen LogP contribution in [0.25, 0.3) is 0 Å². The van der Waals surface area contributed by atoms with E-state index in [1.54, 1.807) is 6.92 Å². The molecule has 0 aliphatic carbocycles. The molecule has 4 nitrogen and oxygen atoms in total. The zero-order chi connectivity index (χ0) is 11.8. The molecule has 0 spiro atoms. The van der Waals surface area contributed by atoms with E-state index >= 15 is 0 Å². The molecule has 2 unspecified atom stereocenters. The van der Waals surface area contributed by atoms with Crippen molar-refractivity contribution in [3.8, 4) is 0 Å². The number of hydrogen-bond acceptors (Lipinski definition) is 2. The molecule has 0 rings (SSSR count). The Hall–Kier alpha value is -1.06. The molecule has 15 heavy (non-hydrogen) atoms. The first-order valence-corrected chi connectivity index (χ1v) is 5.38. The number of carboxylic acid groups (broad SMARTS) is 2. The van der Waals surface area contributed by atoms with Crippen LogP contribution >= 0.6 is 0 Å². The molecule has 0 bridgehead atoms. The predicted octanol–water partition coefficient (Wildman–Crippen LogP) is 2.38. The fourth-order valence-corrected chi connectivity index (χ4v) is 1.47. The number of carboxylic acids is 2. The Balaban J connectivity index is 3.46. The molecule has 0 heterocycles. The predicted molar refractivity (Wildman–Crippen MR) is 56.7 cm³/mol. The Morgan fingerprint density at radius 3 is 2.07 bits per heavy atom. The minimum Gasteiger partial charge on any atom is -0.481 e. The SMILES string of the molecule is CC(CCCCC(C)C(=O)O)CC(=O)O. The summed E-state index contributed by atoms with van der Waals surface area (Å²) in [5, 5.41) is 17.2. The summed E-state index contributed by atoms with van der Waals surface area (Å²) in [6.07, 6.45) is 3.51. The van der Waals surface area contributed by atoms with Crippen LogP contribution in [-0.4, -0.2) is 22.2 Å². The third-order valence-corrected chi connectivity index (χ3v) is 2.53. The van der Waals surface area contributed by atoms with Crippen molar-refractivity contribution in [1.82, 2.24) is 0 Å². The molecule has 0 aliphatic heterocycles. The van der Waals surface area contributed by atoms with Gasteiger partial charge in [-0.05, 0) is 12.3 Å². The van der Waals surface area contributed by atoms with E-state index in [-0.39, 0.29) is 18.3 Å². The van der Waals surface area contributed by atoms with Crippen LogP contribution in [-0.2, 0) is 9.59 Å². The molecule has 0 saturated heterocycles. The van der Waals surface area contributed by atoms with Crippen molar-refractivity contribution in [2.24, 2.45) is 11.8 Å². The highest BCUT2D eigenvalue weighted by atomic mass is 16.4. The molecule has 0 radical (unpaired) electrons. The van der Waals surface area contributed by atoms with E-state index in [9.17, 15) is 9.59 Å². The second kappa shape index (κ2) is 7.26. The maximum Gasteiger partial charge on any atom is 0.306 e. The minimum absolute atomic E-state index is 0.183. The Kier molecular flexibility index (Phi) is 6.75. The van der Waals surface area contributed by atoms with Gasteiger partial charge in [-0.1, -0.05) is 33.1 Å². The van der Waals surface area contributed by atoms with E-state index < -0.39 is 11.9 Å². The zero-order valence-electron chi connectivity index (χ0n) is 9.40. The highest BCUT2D eigenvalue weighted by Gasteiger charge is 2.11. The summed E-state index contributed by atoms with van der Waals surface area (Å²) in [5.41, 5.74) is 0. The van der Waals surface area contributed by atoms with Gasteiger partial charge in [-0.25, -0.2) is 0 Å². The zero-order valence-corrected chi connectivity index (χ0v) is 9.40. The normalized spacial score (nSPS) is 14.5. The van der Waals surface area contributed by atoms with E-state index in [2.05, 4.69) is 0 Å². The number of hydrogen-bond donors (Lipinski definition) is 2. The van der Waals surface area contributed by atoms with Gasteiger partial charge in [0.15, 0.2) is 0 Å². The van der Waals surface area contributed by atoms with Gasteiger partial charge in [0.05, 0.1) is 5.92 Å². The van der Waals surface area contributed by atoms with Crippen LogP contribution in [0, 0.1) is 11.8 Å². The lowest BCUT2D eigenvalue weighted by molar-refractivity contribution is -0.141. The Morgan fingerprint density at radius 2 is 1.60 bits per heavy atom. The highest BCUT2D eigenvalue weighted by Crippen LogP contribution is 2.15. The first-order valence-electron chi connectivity index (χ1n) is 5.38. The second-order valence-electron chi connectivity index (χ2n) is 4.23. The third kappa shape index (κ3) is 7.97. The van der Waals surface area contributed by atoms with Crippen LogP contribution in [0.15, 0.2) is 0 Å². The van der Waals surface area contributed by atoms with Crippen molar-refractivity contribution in [3.63, 3.8) is 0 Å². The quantitative estimate of drug-likeness (QED) is 0.611. The molecule has 0 aromatic rings. The van der Waals surface area contributed by atoms with Crippen LogP contribution in [0.2, 0.25) is 0 Å². The molecule has 4 heteroatoms. The van der Waals surface area contributed by atoms with Crippen LogP contribution in [0.5, 0.6) is 0 Å². The lowest BCUT2D eigenvalue weighted by Crippen LogP contribution is -2.09. The Morgan fingerprint density at radius 1 is 1.07 bits per heavy atom. The first kappa shape index (κ1) is 13.9. The van der Waals surface area contributed by atoms with Gasteiger partial charge in [0, 0.05) is 6.42 Å². The Labute approximate surface area is 90.3 Å². The molecule has 88 valence electrons. The van der Waals surface area contributed by atoms with Crippen LogP contribution in [0.3, 0.4) is 0 Å². The van der Waals surface area contributed by atoms with Crippen molar-refractivity contribution < 1.29 is 19.8 Å². The molecule has 0 aliphatic rings. The molecule has 0 aromatic carbocycles. The second-order valence-corrected chi connectivity index (χ2v) is 4.23. The Bertz CT molecular complexity index is 213. The van der Waals surface area contributed by atoms with E-state index in [1.165, 1.54) is 0 Å². The van der Waals surface area contributed by atoms with E-state index in [0.29, 0.717) is 6.42 Å². The van der Waals surface area contributed by atoms with Gasteiger partial charge in [-0.15, -0.1) is 0 Å². The molecular weight excluding hydrogens is 196 g/mol. The van der Waals surface area contributed by atoms with E-state index in [4.69, 9.17) is 10.2 Å². The van der Waals surface area contributed by atoms with Crippen molar-refractivity contribution in [2.45, 2.75) is 46.0 Å². The fourth-order valence-electron chi connectivity index (χ4n) is 1.47. The standard InChI is InChI=1S/C11H20O4/c1-8(7-10(12)13)5-3-4-6-9(2)11(14)15/h8-9H,3-7H2,1-2H3,(H,12,13)(H,14,15). The van der Waals surface area contributed by atoms with Crippen molar-refractivity contribution in [3.05, 3.63) is 0 Å². The average Bonchev–Trinajstić information content (AvgIpc) is 2.10. The number of unbranched alkanes of at least 4 members (excludes halogenated alkanes) is 1. The van der Waals surface area contributed by atoms with Gasteiger partial charge in [0.1, 0.15) is 0 Å². The molecular formula is C11H20O4. The van der Waals surface area contributed by atoms with Gasteiger partial charge in [-0.3, -0.25) is 9.59 Å². The van der Waals surface area contributed by atoms with Gasteiger partial charge < -0.3 is 10.2 Å². The average molecular weight is 216 g/mol. The summed E-state index contributed by atoms with van der Waals surface area (Å²) in [4.78, 5) is 20.9. The van der Waals surface area contributed by atoms with Crippen LogP contribution < -0.4 is 0 Å². The summed E-state index contributed by atoms with van der Waals surface area (Å²) in [7, 11) is 0. The van der Waals surface area contributed by atoms with E-state index in [0.717, 1.165) is 19.3 Å². The fraction of sp³-hybridized carbons (Fsp3) is 0.818. The molecule has 0 fully saturated rings. The lowest BCUT2D eigenvalue weighted by Gasteiger charge is -2.09. The van der Waals surface area contributed by atoms with Crippen molar-refractivity contribution in [1.29, 1.82) is 0 Å². The van der Waals surface area contributed by atoms with Crippen molar-refractivity contribution in [2.75, 3.05) is 0 Å². The van der Waals surface area contributed by atoms with E-state index in [1.807, 2.05) is 6.92 Å². The number of carbonyl (C=O) groups is 2. The monoisotopic (exact) mass is 216 g/mol. The molecule has 0 amide bonds. The maximum atomic E-state index is 10.5. The minimum atomic E-state index is -0.763. The first-order chi connectivity index (χ1) is 6.93. The third-order valence-electron chi connectivity index (χ3n) is 2.53. The smallest absolute Gasteiger partial charge is 0.306 e. The molecule has 0 saturated carbocycles. The van der Waals surface area contributed by atoms with Gasteiger partial charge in [-0.2, -0.15) is 0 Å². The number of aliphatic carboxylic acids is 2. The molecule has 2 atom stereocenters. The summed E-state index contributed by atoms with van der Waals surface area (Å²) in [6, 6.07) is 0. The van der Waals surface area contributed by atoms with Crippen LogP contribution in [0.1, 0.15) is 46.0 Å². The molecule has 0 aromatic heterocycles. The summed E-state index contributed by atoms with van der Waals surface area (Å²) >= 11 is 0. The highest BCUT2D eigenvalue weighted by molar-refractivity contribution is 5.69. The van der Waals surface area contributed by atoms with Gasteiger partial charge in [0.25, 0.3) is 0 Å². The van der Waals surface area contributed by atoms with Gasteiger partial charge >= 0.3 is 11.9 Å². The topological polar surface area (TPSA) is 74.6 Å².